The van der Waals surface area contributed by atoms with E-state index in [4.69, 9.17) is 5.11 Å². The highest BCUT2D eigenvalue weighted by atomic mass is 79.9. The van der Waals surface area contributed by atoms with Crippen molar-refractivity contribution in [3.05, 3.63) is 34.1 Å². The van der Waals surface area contributed by atoms with Crippen LogP contribution in [0.2, 0.25) is 0 Å². The zero-order valence-corrected chi connectivity index (χ0v) is 12.8. The van der Waals surface area contributed by atoms with Crippen molar-refractivity contribution in [1.29, 1.82) is 0 Å². The van der Waals surface area contributed by atoms with Crippen LogP contribution >= 0.6 is 15.9 Å². The molecule has 5 heteroatoms. The molecule has 1 saturated carbocycles. The standard InChI is InChI=1S/C15H19BrFNO2/c16-13-5-11(6-14(17)7-13)9-18-8-10-1-3-12(4-2-10)15(19)20/h5-7,10,12,18H,1-4,8-9H2,(H,19,20). The highest BCUT2D eigenvalue weighted by molar-refractivity contribution is 9.10. The summed E-state index contributed by atoms with van der Waals surface area (Å²) in [4.78, 5) is 10.9. The molecule has 1 aromatic rings. The van der Waals surface area contributed by atoms with E-state index in [1.165, 1.54) is 12.1 Å². The first-order chi connectivity index (χ1) is 9.54. The normalized spacial score (nSPS) is 22.7. The first kappa shape index (κ1) is 15.4. The second kappa shape index (κ2) is 7.18. The van der Waals surface area contributed by atoms with Gasteiger partial charge in [-0.3, -0.25) is 4.79 Å². The van der Waals surface area contributed by atoms with Crippen molar-refractivity contribution in [2.45, 2.75) is 32.2 Å². The van der Waals surface area contributed by atoms with Gasteiger partial charge in [0.2, 0.25) is 0 Å². The van der Waals surface area contributed by atoms with E-state index in [0.29, 0.717) is 12.5 Å². The third kappa shape index (κ3) is 4.56. The van der Waals surface area contributed by atoms with Crippen LogP contribution in [0.15, 0.2) is 22.7 Å². The second-order valence-corrected chi connectivity index (χ2v) is 6.38. The smallest absolute Gasteiger partial charge is 0.306 e. The lowest BCUT2D eigenvalue weighted by molar-refractivity contribution is -0.143. The maximum atomic E-state index is 13.2. The number of nitrogens with one attached hydrogen (secondary N) is 1. The van der Waals surface area contributed by atoms with Crippen molar-refractivity contribution in [3.63, 3.8) is 0 Å². The molecule has 0 bridgehead atoms. The van der Waals surface area contributed by atoms with Crippen LogP contribution in [0, 0.1) is 17.7 Å². The van der Waals surface area contributed by atoms with Crippen molar-refractivity contribution in [3.8, 4) is 0 Å². The first-order valence-corrected chi connectivity index (χ1v) is 7.72. The molecule has 0 radical (unpaired) electrons. The first-order valence-electron chi connectivity index (χ1n) is 6.93. The molecule has 1 aliphatic carbocycles. The fourth-order valence-electron chi connectivity index (χ4n) is 2.75. The molecule has 0 amide bonds. The molecule has 0 heterocycles. The predicted octanol–water partition coefficient (Wildman–Crippen LogP) is 3.57. The summed E-state index contributed by atoms with van der Waals surface area (Å²) in [5, 5.41) is 12.3. The van der Waals surface area contributed by atoms with Crippen LogP contribution in [0.3, 0.4) is 0 Å². The molecule has 20 heavy (non-hydrogen) atoms. The number of carbonyl (C=O) groups is 1. The average Bonchev–Trinajstić information content (AvgIpc) is 2.38. The van der Waals surface area contributed by atoms with Gasteiger partial charge in [0.15, 0.2) is 0 Å². The van der Waals surface area contributed by atoms with Crippen molar-refractivity contribution in [1.82, 2.24) is 5.32 Å². The third-order valence-electron chi connectivity index (χ3n) is 3.88. The van der Waals surface area contributed by atoms with E-state index in [1.807, 2.05) is 6.07 Å². The van der Waals surface area contributed by atoms with E-state index in [-0.39, 0.29) is 11.7 Å². The number of hydrogen-bond donors (Lipinski definition) is 2. The van der Waals surface area contributed by atoms with Crippen LogP contribution in [-0.4, -0.2) is 17.6 Å². The number of aliphatic carboxylic acids is 1. The van der Waals surface area contributed by atoms with Gasteiger partial charge in [0, 0.05) is 11.0 Å². The number of carboxylic acids is 1. The number of rotatable bonds is 5. The second-order valence-electron chi connectivity index (χ2n) is 5.46. The van der Waals surface area contributed by atoms with Crippen molar-refractivity contribution in [2.24, 2.45) is 11.8 Å². The molecule has 0 unspecified atom stereocenters. The fourth-order valence-corrected chi connectivity index (χ4v) is 3.26. The van der Waals surface area contributed by atoms with Crippen LogP contribution in [0.25, 0.3) is 0 Å². The van der Waals surface area contributed by atoms with Crippen LogP contribution in [0.1, 0.15) is 31.2 Å². The average molecular weight is 344 g/mol. The summed E-state index contributed by atoms with van der Waals surface area (Å²) >= 11 is 3.28. The topological polar surface area (TPSA) is 49.3 Å². The predicted molar refractivity (Wildman–Crippen MR) is 78.9 cm³/mol. The lowest BCUT2D eigenvalue weighted by Gasteiger charge is -2.26. The van der Waals surface area contributed by atoms with Gasteiger partial charge in [0.1, 0.15) is 5.82 Å². The monoisotopic (exact) mass is 343 g/mol. The zero-order valence-electron chi connectivity index (χ0n) is 11.2. The molecule has 1 aromatic carbocycles. The van der Waals surface area contributed by atoms with Crippen molar-refractivity contribution < 1.29 is 14.3 Å². The minimum Gasteiger partial charge on any atom is -0.481 e. The van der Waals surface area contributed by atoms with E-state index < -0.39 is 5.97 Å². The van der Waals surface area contributed by atoms with Gasteiger partial charge in [-0.25, -0.2) is 4.39 Å². The van der Waals surface area contributed by atoms with E-state index in [2.05, 4.69) is 21.2 Å². The maximum absolute atomic E-state index is 13.2. The summed E-state index contributed by atoms with van der Waals surface area (Å²) < 4.78 is 14.0. The lowest BCUT2D eigenvalue weighted by atomic mass is 9.82. The molecular weight excluding hydrogens is 325 g/mol. The molecule has 0 spiro atoms. The van der Waals surface area contributed by atoms with Gasteiger partial charge in [-0.05, 0) is 61.9 Å². The fraction of sp³-hybridized carbons (Fsp3) is 0.533. The summed E-state index contributed by atoms with van der Waals surface area (Å²) in [6.07, 6.45) is 3.45. The molecule has 1 fully saturated rings. The van der Waals surface area contributed by atoms with E-state index in [1.54, 1.807) is 0 Å². The van der Waals surface area contributed by atoms with Crippen LogP contribution in [-0.2, 0) is 11.3 Å². The van der Waals surface area contributed by atoms with Crippen molar-refractivity contribution in [2.75, 3.05) is 6.54 Å². The van der Waals surface area contributed by atoms with Crippen LogP contribution < -0.4 is 5.32 Å². The minimum absolute atomic E-state index is 0.162. The Morgan fingerprint density at radius 3 is 2.60 bits per heavy atom. The summed E-state index contributed by atoms with van der Waals surface area (Å²) in [5.41, 5.74) is 0.913. The van der Waals surface area contributed by atoms with E-state index in [0.717, 1.165) is 42.3 Å². The SMILES string of the molecule is O=C(O)C1CCC(CNCc2cc(F)cc(Br)c2)CC1. The number of halogens is 2. The Kier molecular flexibility index (Phi) is 5.54. The molecule has 0 atom stereocenters. The zero-order chi connectivity index (χ0) is 14.5. The molecule has 1 aliphatic rings. The molecular formula is C15H19BrFNO2. The van der Waals surface area contributed by atoms with E-state index in [9.17, 15) is 9.18 Å². The third-order valence-corrected chi connectivity index (χ3v) is 4.34. The molecule has 110 valence electrons. The highest BCUT2D eigenvalue weighted by Gasteiger charge is 2.25. The summed E-state index contributed by atoms with van der Waals surface area (Å²) in [6.45, 7) is 1.50. The lowest BCUT2D eigenvalue weighted by Crippen LogP contribution is -2.28. The Bertz CT molecular complexity index is 453. The van der Waals surface area contributed by atoms with Gasteiger partial charge < -0.3 is 10.4 Å². The Morgan fingerprint density at radius 2 is 2.00 bits per heavy atom. The molecule has 0 aliphatic heterocycles. The Labute approximate surface area is 126 Å². The van der Waals surface area contributed by atoms with E-state index >= 15 is 0 Å². The maximum Gasteiger partial charge on any atom is 0.306 e. The van der Waals surface area contributed by atoms with Gasteiger partial charge in [0.05, 0.1) is 5.92 Å². The molecule has 2 N–H and O–H groups in total. The summed E-state index contributed by atoms with van der Waals surface area (Å²) in [5.74, 6) is -0.535. The Morgan fingerprint density at radius 1 is 1.30 bits per heavy atom. The number of benzene rings is 1. The highest BCUT2D eigenvalue weighted by Crippen LogP contribution is 2.28. The number of hydrogen-bond acceptors (Lipinski definition) is 2. The van der Waals surface area contributed by atoms with Gasteiger partial charge >= 0.3 is 5.97 Å². The van der Waals surface area contributed by atoms with Crippen LogP contribution in [0.5, 0.6) is 0 Å². The van der Waals surface area contributed by atoms with Gasteiger partial charge in [-0.1, -0.05) is 15.9 Å². The Hall–Kier alpha value is -0.940. The minimum atomic E-state index is -0.666. The largest absolute Gasteiger partial charge is 0.481 e. The summed E-state index contributed by atoms with van der Waals surface area (Å²) in [6, 6.07) is 4.87. The van der Waals surface area contributed by atoms with Gasteiger partial charge in [0.25, 0.3) is 0 Å². The molecule has 0 aromatic heterocycles. The molecule has 2 rings (SSSR count). The van der Waals surface area contributed by atoms with Gasteiger partial charge in [-0.2, -0.15) is 0 Å². The van der Waals surface area contributed by atoms with Crippen LogP contribution in [0.4, 0.5) is 4.39 Å². The Balaban J connectivity index is 1.73. The van der Waals surface area contributed by atoms with Gasteiger partial charge in [-0.15, -0.1) is 0 Å². The quantitative estimate of drug-likeness (QED) is 0.859. The van der Waals surface area contributed by atoms with Crippen molar-refractivity contribution >= 4 is 21.9 Å². The molecule has 3 nitrogen and oxygen atoms in total. The summed E-state index contributed by atoms with van der Waals surface area (Å²) in [7, 11) is 0. The number of carboxylic acid groups (broad SMARTS) is 1. The molecule has 0 saturated heterocycles.